The van der Waals surface area contributed by atoms with Crippen LogP contribution >= 0.6 is 12.4 Å². The van der Waals surface area contributed by atoms with Crippen molar-refractivity contribution in [3.63, 3.8) is 0 Å². The van der Waals surface area contributed by atoms with Crippen LogP contribution in [0.4, 0.5) is 11.4 Å². The number of aromatic nitrogens is 1. The van der Waals surface area contributed by atoms with Crippen molar-refractivity contribution >= 4 is 45.6 Å². The molecular formula is C21H28ClN3. The molecule has 0 atom stereocenters. The van der Waals surface area contributed by atoms with Gasteiger partial charge in [-0.05, 0) is 42.7 Å². The zero-order valence-corrected chi connectivity index (χ0v) is 16.7. The van der Waals surface area contributed by atoms with E-state index in [9.17, 15) is 0 Å². The lowest BCUT2D eigenvalue weighted by Crippen LogP contribution is -2.09. The Morgan fingerprint density at radius 3 is 1.68 bits per heavy atom. The number of unbranched alkanes of at least 4 members (excludes halogenated alkanes) is 1. The summed E-state index contributed by atoms with van der Waals surface area (Å²) < 4.78 is 0. The lowest BCUT2D eigenvalue weighted by Gasteiger charge is -2.17. The largest absolute Gasteiger partial charge is 0.378 e. The van der Waals surface area contributed by atoms with E-state index in [1.807, 2.05) is 0 Å². The van der Waals surface area contributed by atoms with Gasteiger partial charge in [0.15, 0.2) is 0 Å². The Morgan fingerprint density at radius 2 is 1.28 bits per heavy atom. The summed E-state index contributed by atoms with van der Waals surface area (Å²) in [6.45, 7) is 2.25. The molecule has 0 amide bonds. The normalized spacial score (nSPS) is 10.8. The summed E-state index contributed by atoms with van der Waals surface area (Å²) >= 11 is 0. The van der Waals surface area contributed by atoms with Gasteiger partial charge in [0.2, 0.25) is 0 Å². The first-order chi connectivity index (χ1) is 11.5. The molecule has 3 rings (SSSR count). The average Bonchev–Trinajstić information content (AvgIpc) is 2.57. The summed E-state index contributed by atoms with van der Waals surface area (Å²) in [6, 6.07) is 13.3. The van der Waals surface area contributed by atoms with Gasteiger partial charge in [-0.1, -0.05) is 25.5 Å². The molecule has 25 heavy (non-hydrogen) atoms. The van der Waals surface area contributed by atoms with E-state index in [4.69, 9.17) is 4.98 Å². The first kappa shape index (κ1) is 19.3. The number of fused-ring (bicyclic) bond motifs is 2. The second-order valence-electron chi connectivity index (χ2n) is 6.89. The highest BCUT2D eigenvalue weighted by atomic mass is 35.5. The molecule has 0 spiro atoms. The standard InChI is InChI=1S/C21H27N3.ClH/c1-6-7-8-17-18-11-9-15(23(2)3)13-20(18)22-21-14-16(24(4)5)10-12-19(17)21;/h9-14H,6-8H2,1-5H3;1H. The van der Waals surface area contributed by atoms with E-state index >= 15 is 0 Å². The van der Waals surface area contributed by atoms with Crippen LogP contribution in [0.25, 0.3) is 21.8 Å². The van der Waals surface area contributed by atoms with Crippen molar-refractivity contribution in [1.82, 2.24) is 4.98 Å². The summed E-state index contributed by atoms with van der Waals surface area (Å²) in [5.74, 6) is 0. The van der Waals surface area contributed by atoms with Crippen LogP contribution in [0.1, 0.15) is 25.3 Å². The number of rotatable bonds is 5. The second kappa shape index (κ2) is 7.92. The molecule has 0 aliphatic heterocycles. The maximum absolute atomic E-state index is 4.98. The first-order valence-corrected chi connectivity index (χ1v) is 8.72. The van der Waals surface area contributed by atoms with Crippen molar-refractivity contribution in [2.24, 2.45) is 0 Å². The zero-order valence-electron chi connectivity index (χ0n) is 15.8. The lowest BCUT2D eigenvalue weighted by atomic mass is 9.97. The molecule has 1 heterocycles. The van der Waals surface area contributed by atoms with Crippen molar-refractivity contribution in [3.8, 4) is 0 Å². The summed E-state index contributed by atoms with van der Waals surface area (Å²) in [4.78, 5) is 9.24. The summed E-state index contributed by atoms with van der Waals surface area (Å²) in [5.41, 5.74) is 6.01. The minimum atomic E-state index is 0. The molecule has 134 valence electrons. The van der Waals surface area contributed by atoms with Crippen molar-refractivity contribution in [1.29, 1.82) is 0 Å². The SMILES string of the molecule is CCCCc1c2ccc(N(C)C)cc2nc2cc(N(C)C)ccc12.Cl. The molecule has 0 unspecified atom stereocenters. The fraction of sp³-hybridized carbons (Fsp3) is 0.381. The van der Waals surface area contributed by atoms with Crippen LogP contribution in [0.2, 0.25) is 0 Å². The van der Waals surface area contributed by atoms with E-state index in [2.05, 4.69) is 81.3 Å². The van der Waals surface area contributed by atoms with Crippen molar-refractivity contribution < 1.29 is 0 Å². The third-order valence-corrected chi connectivity index (χ3v) is 4.67. The third-order valence-electron chi connectivity index (χ3n) is 4.67. The number of halogens is 1. The molecule has 0 saturated carbocycles. The van der Waals surface area contributed by atoms with Crippen LogP contribution in [0, 0.1) is 0 Å². The number of hydrogen-bond acceptors (Lipinski definition) is 3. The Morgan fingerprint density at radius 1 is 0.800 bits per heavy atom. The molecule has 0 radical (unpaired) electrons. The van der Waals surface area contributed by atoms with Gasteiger partial charge in [0.25, 0.3) is 0 Å². The van der Waals surface area contributed by atoms with Gasteiger partial charge in [0.1, 0.15) is 0 Å². The first-order valence-electron chi connectivity index (χ1n) is 8.72. The predicted octanol–water partition coefficient (Wildman–Crippen LogP) is 5.28. The quantitative estimate of drug-likeness (QED) is 0.579. The Kier molecular flexibility index (Phi) is 6.12. The molecule has 0 aliphatic rings. The van der Waals surface area contributed by atoms with Gasteiger partial charge in [0, 0.05) is 50.3 Å². The topological polar surface area (TPSA) is 19.4 Å². The van der Waals surface area contributed by atoms with E-state index in [-0.39, 0.29) is 12.4 Å². The summed E-state index contributed by atoms with van der Waals surface area (Å²) in [7, 11) is 8.30. The second-order valence-corrected chi connectivity index (χ2v) is 6.89. The lowest BCUT2D eigenvalue weighted by molar-refractivity contribution is 0.802. The molecule has 3 aromatic rings. The third kappa shape index (κ3) is 3.82. The van der Waals surface area contributed by atoms with Crippen LogP contribution < -0.4 is 9.80 Å². The van der Waals surface area contributed by atoms with Crippen LogP contribution in [-0.2, 0) is 6.42 Å². The number of anilines is 2. The fourth-order valence-electron chi connectivity index (χ4n) is 3.19. The number of hydrogen-bond donors (Lipinski definition) is 0. The van der Waals surface area contributed by atoms with Crippen molar-refractivity contribution in [3.05, 3.63) is 42.0 Å². The van der Waals surface area contributed by atoms with Crippen LogP contribution in [0.3, 0.4) is 0 Å². The van der Waals surface area contributed by atoms with E-state index in [1.54, 1.807) is 0 Å². The number of benzene rings is 2. The van der Waals surface area contributed by atoms with E-state index in [1.165, 1.54) is 40.6 Å². The molecule has 1 aromatic heterocycles. The van der Waals surface area contributed by atoms with Crippen LogP contribution in [0.5, 0.6) is 0 Å². The molecule has 0 fully saturated rings. The molecule has 0 N–H and O–H groups in total. The van der Waals surface area contributed by atoms with Gasteiger partial charge in [-0.25, -0.2) is 4.98 Å². The van der Waals surface area contributed by atoms with Gasteiger partial charge in [0.05, 0.1) is 11.0 Å². The molecule has 2 aromatic carbocycles. The minimum Gasteiger partial charge on any atom is -0.378 e. The van der Waals surface area contributed by atoms with Gasteiger partial charge in [-0.15, -0.1) is 12.4 Å². The highest BCUT2D eigenvalue weighted by Crippen LogP contribution is 2.31. The van der Waals surface area contributed by atoms with Crippen molar-refractivity contribution in [2.45, 2.75) is 26.2 Å². The monoisotopic (exact) mass is 357 g/mol. The molecule has 0 bridgehead atoms. The Labute approximate surface area is 157 Å². The van der Waals surface area contributed by atoms with Crippen LogP contribution in [-0.4, -0.2) is 33.2 Å². The number of aryl methyl sites for hydroxylation is 1. The zero-order chi connectivity index (χ0) is 17.3. The van der Waals surface area contributed by atoms with Crippen LogP contribution in [0.15, 0.2) is 36.4 Å². The van der Waals surface area contributed by atoms with Gasteiger partial charge in [-0.3, -0.25) is 0 Å². The fourth-order valence-corrected chi connectivity index (χ4v) is 3.19. The van der Waals surface area contributed by atoms with Gasteiger partial charge in [-0.2, -0.15) is 0 Å². The Balaban J connectivity index is 0.00000225. The molecule has 3 nitrogen and oxygen atoms in total. The average molecular weight is 358 g/mol. The molecule has 4 heteroatoms. The van der Waals surface area contributed by atoms with E-state index in [0.29, 0.717) is 0 Å². The van der Waals surface area contributed by atoms with E-state index < -0.39 is 0 Å². The number of pyridine rings is 1. The molecule has 0 aliphatic carbocycles. The minimum absolute atomic E-state index is 0. The number of nitrogens with zero attached hydrogens (tertiary/aromatic N) is 3. The maximum atomic E-state index is 4.98. The van der Waals surface area contributed by atoms with Gasteiger partial charge < -0.3 is 9.80 Å². The highest BCUT2D eigenvalue weighted by molar-refractivity contribution is 5.99. The summed E-state index contributed by atoms with van der Waals surface area (Å²) in [6.07, 6.45) is 3.52. The molecule has 0 saturated heterocycles. The Hall–Kier alpha value is -2.00. The molecular weight excluding hydrogens is 330 g/mol. The van der Waals surface area contributed by atoms with Crippen molar-refractivity contribution in [2.75, 3.05) is 38.0 Å². The predicted molar refractivity (Wildman–Crippen MR) is 114 cm³/mol. The Bertz CT molecular complexity index is 806. The van der Waals surface area contributed by atoms with E-state index in [0.717, 1.165) is 17.5 Å². The van der Waals surface area contributed by atoms with Gasteiger partial charge >= 0.3 is 0 Å². The maximum Gasteiger partial charge on any atom is 0.0733 e. The highest BCUT2D eigenvalue weighted by Gasteiger charge is 2.11. The summed E-state index contributed by atoms with van der Waals surface area (Å²) in [5, 5.41) is 2.58. The smallest absolute Gasteiger partial charge is 0.0733 e.